The van der Waals surface area contributed by atoms with E-state index in [0.29, 0.717) is 18.7 Å². The van der Waals surface area contributed by atoms with E-state index in [4.69, 9.17) is 5.73 Å². The van der Waals surface area contributed by atoms with Gasteiger partial charge in [-0.15, -0.1) is 0 Å². The number of aromatic nitrogens is 1. The number of carbonyl (C=O) groups excluding carboxylic acids is 1. The molecule has 2 rings (SSSR count). The number of alkyl halides is 3. The van der Waals surface area contributed by atoms with E-state index >= 15 is 0 Å². The molecule has 0 saturated carbocycles. The molecule has 2 heterocycles. The van der Waals surface area contributed by atoms with Crippen LogP contribution in [0.3, 0.4) is 0 Å². The second-order valence-corrected chi connectivity index (χ2v) is 4.62. The summed E-state index contributed by atoms with van der Waals surface area (Å²) in [4.78, 5) is 18.4. The summed E-state index contributed by atoms with van der Waals surface area (Å²) in [5, 5.41) is 0. The number of hydrogen-bond acceptors (Lipinski definition) is 4. The second-order valence-electron chi connectivity index (χ2n) is 4.62. The molecule has 1 aromatic rings. The molecule has 0 atom stereocenters. The Morgan fingerprint density at radius 1 is 1.35 bits per heavy atom. The number of likely N-dealkylation sites (N-methyl/N-ethyl adjacent to an activating group) is 1. The molecular weight excluding hydrogens is 273 g/mol. The van der Waals surface area contributed by atoms with Crippen molar-refractivity contribution in [2.24, 2.45) is 5.73 Å². The molecule has 1 aromatic heterocycles. The molecule has 8 heteroatoms. The van der Waals surface area contributed by atoms with Crippen molar-refractivity contribution >= 4 is 11.7 Å². The SMILES string of the molecule is CN1CCN(c2nc(C(F)(F)F)ccc2CN)CC1=O. The fourth-order valence-corrected chi connectivity index (χ4v) is 2.01. The molecule has 0 aromatic carbocycles. The Kier molecular flexibility index (Phi) is 3.85. The summed E-state index contributed by atoms with van der Waals surface area (Å²) >= 11 is 0. The van der Waals surface area contributed by atoms with E-state index in [2.05, 4.69) is 4.98 Å². The van der Waals surface area contributed by atoms with Crippen molar-refractivity contribution in [3.8, 4) is 0 Å². The first kappa shape index (κ1) is 14.6. The van der Waals surface area contributed by atoms with Crippen LogP contribution >= 0.6 is 0 Å². The van der Waals surface area contributed by atoms with Crippen LogP contribution in [-0.2, 0) is 17.5 Å². The summed E-state index contributed by atoms with van der Waals surface area (Å²) in [5.74, 6) is -0.0118. The lowest BCUT2D eigenvalue weighted by molar-refractivity contribution is -0.141. The van der Waals surface area contributed by atoms with Crippen molar-refractivity contribution in [1.82, 2.24) is 9.88 Å². The normalized spacial score (nSPS) is 16.8. The molecule has 5 nitrogen and oxygen atoms in total. The zero-order chi connectivity index (χ0) is 14.9. The van der Waals surface area contributed by atoms with Crippen LogP contribution in [0.4, 0.5) is 19.0 Å². The average molecular weight is 288 g/mol. The predicted octanol–water partition coefficient (Wildman–Crippen LogP) is 0.838. The maximum atomic E-state index is 12.7. The third-order valence-electron chi connectivity index (χ3n) is 3.22. The quantitative estimate of drug-likeness (QED) is 0.876. The van der Waals surface area contributed by atoms with E-state index in [9.17, 15) is 18.0 Å². The number of nitrogens with zero attached hydrogens (tertiary/aromatic N) is 3. The van der Waals surface area contributed by atoms with Crippen molar-refractivity contribution < 1.29 is 18.0 Å². The van der Waals surface area contributed by atoms with Crippen LogP contribution < -0.4 is 10.6 Å². The van der Waals surface area contributed by atoms with E-state index in [1.54, 1.807) is 11.9 Å². The van der Waals surface area contributed by atoms with Gasteiger partial charge in [-0.25, -0.2) is 4.98 Å². The predicted molar refractivity (Wildman–Crippen MR) is 67.0 cm³/mol. The molecule has 0 bridgehead atoms. The van der Waals surface area contributed by atoms with Gasteiger partial charge in [0.15, 0.2) is 0 Å². The number of amides is 1. The summed E-state index contributed by atoms with van der Waals surface area (Å²) in [6.07, 6.45) is -4.52. The first-order valence-corrected chi connectivity index (χ1v) is 6.09. The molecule has 0 unspecified atom stereocenters. The van der Waals surface area contributed by atoms with E-state index in [1.807, 2.05) is 0 Å². The minimum atomic E-state index is -4.52. The van der Waals surface area contributed by atoms with Gasteiger partial charge in [0.2, 0.25) is 5.91 Å². The van der Waals surface area contributed by atoms with Gasteiger partial charge in [0.1, 0.15) is 11.5 Å². The average Bonchev–Trinajstić information content (AvgIpc) is 2.40. The van der Waals surface area contributed by atoms with Crippen molar-refractivity contribution in [1.29, 1.82) is 0 Å². The third-order valence-corrected chi connectivity index (χ3v) is 3.22. The summed E-state index contributed by atoms with van der Waals surface area (Å²) in [5.41, 5.74) is 5.05. The van der Waals surface area contributed by atoms with Gasteiger partial charge in [0, 0.05) is 32.2 Å². The first-order chi connectivity index (χ1) is 9.32. The Balaban J connectivity index is 2.36. The van der Waals surface area contributed by atoms with Crippen LogP contribution in [0.2, 0.25) is 0 Å². The first-order valence-electron chi connectivity index (χ1n) is 6.09. The van der Waals surface area contributed by atoms with Crippen LogP contribution in [0.25, 0.3) is 0 Å². The van der Waals surface area contributed by atoms with E-state index < -0.39 is 11.9 Å². The summed E-state index contributed by atoms with van der Waals surface area (Å²) in [7, 11) is 1.66. The minimum Gasteiger partial charge on any atom is -0.345 e. The van der Waals surface area contributed by atoms with E-state index in [1.165, 1.54) is 11.0 Å². The second kappa shape index (κ2) is 5.28. The van der Waals surface area contributed by atoms with Crippen LogP contribution in [0.15, 0.2) is 12.1 Å². The fraction of sp³-hybridized carbons (Fsp3) is 0.500. The highest BCUT2D eigenvalue weighted by Crippen LogP contribution is 2.30. The van der Waals surface area contributed by atoms with Crippen molar-refractivity contribution in [2.45, 2.75) is 12.7 Å². The smallest absolute Gasteiger partial charge is 0.345 e. The summed E-state index contributed by atoms with van der Waals surface area (Å²) in [6.45, 7) is 0.961. The Morgan fingerprint density at radius 3 is 2.60 bits per heavy atom. The molecule has 0 aliphatic carbocycles. The van der Waals surface area contributed by atoms with Gasteiger partial charge in [0.25, 0.3) is 0 Å². The fourth-order valence-electron chi connectivity index (χ4n) is 2.01. The number of carbonyl (C=O) groups is 1. The van der Waals surface area contributed by atoms with Crippen molar-refractivity contribution in [2.75, 3.05) is 31.6 Å². The standard InChI is InChI=1S/C12H15F3N4O/c1-18-4-5-19(7-10(18)20)11-8(6-16)2-3-9(17-11)12(13,14)15/h2-3H,4-7,16H2,1H3. The Labute approximate surface area is 114 Å². The van der Waals surface area contributed by atoms with E-state index in [0.717, 1.165) is 6.07 Å². The van der Waals surface area contributed by atoms with Gasteiger partial charge >= 0.3 is 6.18 Å². The molecule has 20 heavy (non-hydrogen) atoms. The van der Waals surface area contributed by atoms with Gasteiger partial charge < -0.3 is 15.5 Å². The molecular formula is C12H15F3N4O. The molecule has 110 valence electrons. The van der Waals surface area contributed by atoms with E-state index in [-0.39, 0.29) is 24.8 Å². The zero-order valence-corrected chi connectivity index (χ0v) is 10.9. The van der Waals surface area contributed by atoms with Gasteiger partial charge in [-0.1, -0.05) is 6.07 Å². The Morgan fingerprint density at radius 2 is 2.05 bits per heavy atom. The number of pyridine rings is 1. The lowest BCUT2D eigenvalue weighted by atomic mass is 10.2. The molecule has 1 saturated heterocycles. The van der Waals surface area contributed by atoms with Gasteiger partial charge in [-0.05, 0) is 6.07 Å². The number of anilines is 1. The van der Waals surface area contributed by atoms with Crippen molar-refractivity contribution in [3.05, 3.63) is 23.4 Å². The highest BCUT2D eigenvalue weighted by molar-refractivity contribution is 5.82. The lowest BCUT2D eigenvalue weighted by Gasteiger charge is -2.33. The largest absolute Gasteiger partial charge is 0.433 e. The van der Waals surface area contributed by atoms with Crippen LogP contribution in [0.1, 0.15) is 11.3 Å². The Bertz CT molecular complexity index is 518. The highest BCUT2D eigenvalue weighted by Gasteiger charge is 2.34. The van der Waals surface area contributed by atoms with Gasteiger partial charge in [-0.2, -0.15) is 13.2 Å². The summed E-state index contributed by atoms with van der Waals surface area (Å²) < 4.78 is 38.2. The topological polar surface area (TPSA) is 62.5 Å². The molecule has 0 radical (unpaired) electrons. The molecule has 1 aliphatic heterocycles. The molecule has 1 fully saturated rings. The highest BCUT2D eigenvalue weighted by atomic mass is 19.4. The number of halogens is 3. The minimum absolute atomic E-state index is 0.0117. The lowest BCUT2D eigenvalue weighted by Crippen LogP contribution is -2.49. The van der Waals surface area contributed by atoms with Gasteiger partial charge in [-0.3, -0.25) is 4.79 Å². The molecule has 0 spiro atoms. The van der Waals surface area contributed by atoms with Crippen LogP contribution in [-0.4, -0.2) is 42.5 Å². The monoisotopic (exact) mass is 288 g/mol. The number of nitrogens with two attached hydrogens (primary N) is 1. The molecule has 1 amide bonds. The summed E-state index contributed by atoms with van der Waals surface area (Å²) in [6, 6.07) is 2.22. The zero-order valence-electron chi connectivity index (χ0n) is 10.9. The number of piperazine rings is 1. The number of hydrogen-bond donors (Lipinski definition) is 1. The Hall–Kier alpha value is -1.83. The molecule has 1 aliphatic rings. The maximum Gasteiger partial charge on any atom is 0.433 e. The van der Waals surface area contributed by atoms with Crippen LogP contribution in [0.5, 0.6) is 0 Å². The third kappa shape index (κ3) is 2.84. The van der Waals surface area contributed by atoms with Crippen molar-refractivity contribution in [3.63, 3.8) is 0 Å². The number of rotatable bonds is 2. The maximum absolute atomic E-state index is 12.7. The molecule has 2 N–H and O–H groups in total. The van der Waals surface area contributed by atoms with Gasteiger partial charge in [0.05, 0.1) is 6.54 Å². The van der Waals surface area contributed by atoms with Crippen LogP contribution in [0, 0.1) is 0 Å².